The van der Waals surface area contributed by atoms with Crippen LogP contribution in [-0.2, 0) is 23.9 Å². The first kappa shape index (κ1) is 17.4. The largest absolute Gasteiger partial charge is 0.462 e. The van der Waals surface area contributed by atoms with Crippen LogP contribution in [0.5, 0.6) is 0 Å². The van der Waals surface area contributed by atoms with E-state index in [1.807, 2.05) is 0 Å². The van der Waals surface area contributed by atoms with Gasteiger partial charge in [-0.25, -0.2) is 0 Å². The molecule has 0 aromatic heterocycles. The molecular formula is C16H24O5. The van der Waals surface area contributed by atoms with Gasteiger partial charge in [0.2, 0.25) is 0 Å². The summed E-state index contributed by atoms with van der Waals surface area (Å²) in [4.78, 5) is 36.3. The van der Waals surface area contributed by atoms with Crippen molar-refractivity contribution in [1.82, 2.24) is 0 Å². The fraction of sp³-hybridized carbons (Fsp3) is 0.688. The Morgan fingerprint density at radius 1 is 1.14 bits per heavy atom. The average molecular weight is 296 g/mol. The molecule has 0 N–H and O–H groups in total. The van der Waals surface area contributed by atoms with Crippen LogP contribution >= 0.6 is 0 Å². The third-order valence-electron chi connectivity index (χ3n) is 3.72. The van der Waals surface area contributed by atoms with Crippen LogP contribution < -0.4 is 0 Å². The van der Waals surface area contributed by atoms with Crippen LogP contribution in [0.3, 0.4) is 0 Å². The minimum absolute atomic E-state index is 0.0411. The smallest absolute Gasteiger partial charge is 0.324 e. The van der Waals surface area contributed by atoms with E-state index >= 15 is 0 Å². The van der Waals surface area contributed by atoms with Gasteiger partial charge in [-0.1, -0.05) is 12.2 Å². The first-order valence-corrected chi connectivity index (χ1v) is 7.14. The van der Waals surface area contributed by atoms with Crippen LogP contribution in [0.2, 0.25) is 0 Å². The fourth-order valence-corrected chi connectivity index (χ4v) is 2.53. The maximum Gasteiger partial charge on any atom is 0.324 e. The number of allylic oxidation sites excluding steroid dienone is 1. The molecule has 1 atom stereocenters. The van der Waals surface area contributed by atoms with Crippen LogP contribution in [0.4, 0.5) is 0 Å². The van der Waals surface area contributed by atoms with Crippen molar-refractivity contribution in [2.45, 2.75) is 59.7 Å². The Hall–Kier alpha value is -1.65. The highest BCUT2D eigenvalue weighted by molar-refractivity contribution is 6.02. The summed E-state index contributed by atoms with van der Waals surface area (Å²) in [5.74, 6) is -1.29. The molecule has 1 fully saturated rings. The van der Waals surface area contributed by atoms with E-state index in [4.69, 9.17) is 9.47 Å². The van der Waals surface area contributed by atoms with E-state index in [0.29, 0.717) is 5.57 Å². The minimum Gasteiger partial charge on any atom is -0.462 e. The van der Waals surface area contributed by atoms with Crippen molar-refractivity contribution in [2.24, 2.45) is 10.8 Å². The zero-order chi connectivity index (χ0) is 16.4. The number of carbonyl (C=O) groups excluding carboxylic acids is 3. The number of ether oxygens (including phenoxy) is 2. The molecular weight excluding hydrogens is 272 g/mol. The summed E-state index contributed by atoms with van der Waals surface area (Å²) < 4.78 is 10.5. The SMILES string of the molecule is C=C1CC(C(=O)OC(C)C)(C(=O)OC(C)C)C[C@]1(C)C=O. The lowest BCUT2D eigenvalue weighted by Crippen LogP contribution is -2.42. The Kier molecular flexibility index (Phi) is 4.97. The quantitative estimate of drug-likeness (QED) is 0.337. The summed E-state index contributed by atoms with van der Waals surface area (Å²) in [6, 6.07) is 0. The number of esters is 2. The highest BCUT2D eigenvalue weighted by Gasteiger charge is 2.59. The summed E-state index contributed by atoms with van der Waals surface area (Å²) in [6.07, 6.45) is 0.163. The van der Waals surface area contributed by atoms with Gasteiger partial charge in [0, 0.05) is 5.41 Å². The molecule has 0 heterocycles. The molecule has 1 aliphatic rings. The van der Waals surface area contributed by atoms with Gasteiger partial charge in [-0.3, -0.25) is 9.59 Å². The molecule has 0 unspecified atom stereocenters. The normalized spacial score (nSPS) is 24.2. The van der Waals surface area contributed by atoms with E-state index in [1.165, 1.54) is 0 Å². The number of carbonyl (C=O) groups is 3. The molecule has 0 radical (unpaired) electrons. The molecule has 0 saturated heterocycles. The van der Waals surface area contributed by atoms with E-state index in [0.717, 1.165) is 6.29 Å². The molecule has 21 heavy (non-hydrogen) atoms. The molecule has 5 heteroatoms. The minimum atomic E-state index is -1.47. The lowest BCUT2D eigenvalue weighted by atomic mass is 9.80. The zero-order valence-corrected chi connectivity index (χ0v) is 13.4. The van der Waals surface area contributed by atoms with Crippen molar-refractivity contribution < 1.29 is 23.9 Å². The molecule has 0 aromatic rings. The van der Waals surface area contributed by atoms with Crippen molar-refractivity contribution in [3.05, 3.63) is 12.2 Å². The van der Waals surface area contributed by atoms with Gasteiger partial charge in [-0.05, 0) is 47.5 Å². The fourth-order valence-electron chi connectivity index (χ4n) is 2.53. The molecule has 0 spiro atoms. The molecule has 118 valence electrons. The second kappa shape index (κ2) is 6.00. The van der Waals surface area contributed by atoms with Crippen molar-refractivity contribution in [2.75, 3.05) is 0 Å². The molecule has 0 amide bonds. The second-order valence-corrected chi connectivity index (χ2v) is 6.48. The van der Waals surface area contributed by atoms with Gasteiger partial charge < -0.3 is 14.3 Å². The Balaban J connectivity index is 3.20. The maximum absolute atomic E-state index is 12.5. The Morgan fingerprint density at radius 2 is 1.57 bits per heavy atom. The summed E-state index contributed by atoms with van der Waals surface area (Å²) in [7, 11) is 0. The van der Waals surface area contributed by atoms with Crippen LogP contribution in [0.15, 0.2) is 12.2 Å². The Labute approximate surface area is 125 Å². The summed E-state index contributed by atoms with van der Waals surface area (Å²) in [5, 5.41) is 0. The van der Waals surface area contributed by atoms with Gasteiger partial charge in [0.05, 0.1) is 12.2 Å². The lowest BCUT2D eigenvalue weighted by Gasteiger charge is -2.27. The summed E-state index contributed by atoms with van der Waals surface area (Å²) >= 11 is 0. The third kappa shape index (κ3) is 3.34. The number of hydrogen-bond acceptors (Lipinski definition) is 5. The predicted octanol–water partition coefficient (Wildman–Crippen LogP) is 2.43. The van der Waals surface area contributed by atoms with E-state index in [9.17, 15) is 14.4 Å². The highest BCUT2D eigenvalue weighted by Crippen LogP contribution is 2.52. The van der Waals surface area contributed by atoms with Crippen molar-refractivity contribution >= 4 is 18.2 Å². The monoisotopic (exact) mass is 296 g/mol. The molecule has 5 nitrogen and oxygen atoms in total. The summed E-state index contributed by atoms with van der Waals surface area (Å²) in [5.41, 5.74) is -1.83. The first-order valence-electron chi connectivity index (χ1n) is 7.14. The van der Waals surface area contributed by atoms with E-state index < -0.39 is 22.8 Å². The van der Waals surface area contributed by atoms with Gasteiger partial charge in [-0.2, -0.15) is 0 Å². The first-order chi connectivity index (χ1) is 9.57. The molecule has 1 aliphatic carbocycles. The van der Waals surface area contributed by atoms with Crippen molar-refractivity contribution in [3.63, 3.8) is 0 Å². The number of hydrogen-bond donors (Lipinski definition) is 0. The van der Waals surface area contributed by atoms with Gasteiger partial charge >= 0.3 is 11.9 Å². The molecule has 0 aliphatic heterocycles. The molecule has 1 rings (SSSR count). The van der Waals surface area contributed by atoms with E-state index in [1.54, 1.807) is 34.6 Å². The van der Waals surface area contributed by atoms with Gasteiger partial charge in [-0.15, -0.1) is 0 Å². The van der Waals surface area contributed by atoms with Gasteiger partial charge in [0.15, 0.2) is 5.41 Å². The summed E-state index contributed by atoms with van der Waals surface area (Å²) in [6.45, 7) is 12.4. The van der Waals surface area contributed by atoms with Crippen molar-refractivity contribution in [1.29, 1.82) is 0 Å². The predicted molar refractivity (Wildman–Crippen MR) is 77.4 cm³/mol. The number of aldehydes is 1. The Bertz CT molecular complexity index is 441. The average Bonchev–Trinajstić information content (AvgIpc) is 2.62. The standard InChI is InChI=1S/C16H24O5/c1-10(2)20-13(18)16(14(19)21-11(3)4)7-12(5)15(6,8-16)9-17/h9-11H,5,7-8H2,1-4,6H3/t15-/m1/s1. The zero-order valence-electron chi connectivity index (χ0n) is 13.4. The topological polar surface area (TPSA) is 69.7 Å². The van der Waals surface area contributed by atoms with Crippen LogP contribution in [0, 0.1) is 10.8 Å². The highest BCUT2D eigenvalue weighted by atomic mass is 16.6. The van der Waals surface area contributed by atoms with Crippen LogP contribution in [0.1, 0.15) is 47.5 Å². The molecule has 1 saturated carbocycles. The molecule has 0 aromatic carbocycles. The van der Waals surface area contributed by atoms with Gasteiger partial charge in [0.1, 0.15) is 6.29 Å². The van der Waals surface area contributed by atoms with E-state index in [-0.39, 0.29) is 25.0 Å². The van der Waals surface area contributed by atoms with Crippen molar-refractivity contribution in [3.8, 4) is 0 Å². The second-order valence-electron chi connectivity index (χ2n) is 6.48. The molecule has 0 bridgehead atoms. The van der Waals surface area contributed by atoms with Crippen LogP contribution in [-0.4, -0.2) is 30.4 Å². The van der Waals surface area contributed by atoms with E-state index in [2.05, 4.69) is 6.58 Å². The van der Waals surface area contributed by atoms with Gasteiger partial charge in [0.25, 0.3) is 0 Å². The van der Waals surface area contributed by atoms with Crippen LogP contribution in [0.25, 0.3) is 0 Å². The number of rotatable bonds is 5. The third-order valence-corrected chi connectivity index (χ3v) is 3.72. The Morgan fingerprint density at radius 3 is 1.86 bits per heavy atom. The lowest BCUT2D eigenvalue weighted by molar-refractivity contribution is -0.177. The maximum atomic E-state index is 12.5.